The maximum absolute atomic E-state index is 12.3. The van der Waals surface area contributed by atoms with E-state index in [0.717, 1.165) is 24.1 Å². The Hall–Kier alpha value is -1.64. The minimum atomic E-state index is 0.109. The largest absolute Gasteiger partial charge is 0.334 e. The Bertz CT molecular complexity index is 537. The van der Waals surface area contributed by atoms with Crippen molar-refractivity contribution < 1.29 is 9.59 Å². The third-order valence-electron chi connectivity index (χ3n) is 4.55. The molecule has 2 aliphatic heterocycles. The maximum atomic E-state index is 12.3. The Morgan fingerprint density at radius 1 is 1.12 bits per heavy atom. The van der Waals surface area contributed by atoms with Gasteiger partial charge >= 0.3 is 0 Å². The van der Waals surface area contributed by atoms with Crippen LogP contribution in [0.3, 0.4) is 0 Å². The third-order valence-corrected chi connectivity index (χ3v) is 4.55. The fourth-order valence-corrected chi connectivity index (χ4v) is 3.85. The highest BCUT2D eigenvalue weighted by Crippen LogP contribution is 2.48. The van der Waals surface area contributed by atoms with Crippen LogP contribution in [0.25, 0.3) is 0 Å². The summed E-state index contributed by atoms with van der Waals surface area (Å²) < 4.78 is 0. The lowest BCUT2D eigenvalue weighted by atomic mass is 9.84. The van der Waals surface area contributed by atoms with Crippen molar-refractivity contribution in [3.63, 3.8) is 0 Å². The highest BCUT2D eigenvalue weighted by atomic mass is 16.2. The molecule has 1 amide bonds. The molecule has 3 heteroatoms. The van der Waals surface area contributed by atoms with Gasteiger partial charge in [0.25, 0.3) is 5.91 Å². The molecule has 1 aromatic rings. The van der Waals surface area contributed by atoms with E-state index in [-0.39, 0.29) is 23.8 Å². The fourth-order valence-electron chi connectivity index (χ4n) is 3.85. The molecule has 0 bridgehead atoms. The first-order valence-corrected chi connectivity index (χ1v) is 6.20. The third kappa shape index (κ3) is 1.02. The summed E-state index contributed by atoms with van der Waals surface area (Å²) >= 11 is 0. The van der Waals surface area contributed by atoms with Gasteiger partial charge in [-0.3, -0.25) is 9.59 Å². The number of carbonyl (C=O) groups excluding carboxylic acids is 2. The lowest BCUT2D eigenvalue weighted by molar-refractivity contribution is -0.120. The lowest BCUT2D eigenvalue weighted by Gasteiger charge is -2.35. The van der Waals surface area contributed by atoms with Gasteiger partial charge in [0, 0.05) is 36.4 Å². The van der Waals surface area contributed by atoms with Crippen LogP contribution in [0.15, 0.2) is 24.3 Å². The first-order valence-electron chi connectivity index (χ1n) is 6.20. The lowest BCUT2D eigenvalue weighted by Crippen LogP contribution is -2.43. The minimum absolute atomic E-state index is 0.109. The molecule has 3 nitrogen and oxygen atoms in total. The number of nitrogens with zero attached hydrogens (tertiary/aromatic N) is 1. The normalized spacial score (nSPS) is 33.9. The van der Waals surface area contributed by atoms with Gasteiger partial charge in [0.1, 0.15) is 5.78 Å². The summed E-state index contributed by atoms with van der Waals surface area (Å²) in [5.41, 5.74) is 1.90. The van der Waals surface area contributed by atoms with Crippen molar-refractivity contribution in [2.45, 2.75) is 24.8 Å². The number of amides is 1. The highest BCUT2D eigenvalue weighted by Gasteiger charge is 2.54. The zero-order valence-electron chi connectivity index (χ0n) is 9.43. The summed E-state index contributed by atoms with van der Waals surface area (Å²) in [4.78, 5) is 26.2. The van der Waals surface area contributed by atoms with Gasteiger partial charge in [0.2, 0.25) is 0 Å². The number of hydrogen-bond donors (Lipinski definition) is 0. The molecule has 0 radical (unpaired) electrons. The Labute approximate surface area is 99.4 Å². The molecule has 0 unspecified atom stereocenters. The summed E-state index contributed by atoms with van der Waals surface area (Å²) in [6.45, 7) is 0.755. The summed E-state index contributed by atoms with van der Waals surface area (Å²) in [7, 11) is 0. The van der Waals surface area contributed by atoms with Gasteiger partial charge in [-0.1, -0.05) is 18.2 Å². The van der Waals surface area contributed by atoms with Crippen molar-refractivity contribution in [3.8, 4) is 0 Å². The van der Waals surface area contributed by atoms with Crippen LogP contribution in [-0.4, -0.2) is 29.2 Å². The molecular weight excluding hydrogens is 214 g/mol. The van der Waals surface area contributed by atoms with E-state index in [1.807, 2.05) is 29.2 Å². The number of fused-ring (bicyclic) bond motifs is 2. The van der Waals surface area contributed by atoms with Crippen molar-refractivity contribution in [1.82, 2.24) is 4.90 Å². The summed E-state index contributed by atoms with van der Waals surface area (Å²) in [6.07, 6.45) is 1.48. The monoisotopic (exact) mass is 227 g/mol. The van der Waals surface area contributed by atoms with Gasteiger partial charge in [-0.05, 0) is 18.1 Å². The van der Waals surface area contributed by atoms with Gasteiger partial charge in [-0.15, -0.1) is 0 Å². The molecule has 1 aromatic carbocycles. The average Bonchev–Trinajstić information content (AvgIpc) is 2.90. The van der Waals surface area contributed by atoms with Gasteiger partial charge in [0.05, 0.1) is 0 Å². The molecule has 2 fully saturated rings. The fraction of sp³-hybridized carbons (Fsp3) is 0.429. The first-order chi connectivity index (χ1) is 8.27. The Balaban J connectivity index is 1.94. The zero-order valence-corrected chi connectivity index (χ0v) is 9.43. The Kier molecular flexibility index (Phi) is 1.64. The summed E-state index contributed by atoms with van der Waals surface area (Å²) in [5.74, 6) is 0.840. The molecule has 86 valence electrons. The quantitative estimate of drug-likeness (QED) is 0.675. The highest BCUT2D eigenvalue weighted by molar-refractivity contribution is 6.00. The molecule has 4 rings (SSSR count). The van der Waals surface area contributed by atoms with Crippen LogP contribution in [0.1, 0.15) is 34.7 Å². The van der Waals surface area contributed by atoms with Crippen LogP contribution in [0.5, 0.6) is 0 Å². The van der Waals surface area contributed by atoms with Gasteiger partial charge in [0.15, 0.2) is 0 Å². The number of benzene rings is 1. The van der Waals surface area contributed by atoms with Gasteiger partial charge in [-0.2, -0.15) is 0 Å². The topological polar surface area (TPSA) is 37.4 Å². The number of ketones is 1. The minimum Gasteiger partial charge on any atom is -0.334 e. The summed E-state index contributed by atoms with van der Waals surface area (Å²) in [6, 6.07) is 7.94. The van der Waals surface area contributed by atoms with Crippen LogP contribution in [0, 0.1) is 5.92 Å². The van der Waals surface area contributed by atoms with Crippen LogP contribution >= 0.6 is 0 Å². The molecule has 1 saturated heterocycles. The van der Waals surface area contributed by atoms with E-state index in [1.54, 1.807) is 0 Å². The van der Waals surface area contributed by atoms with Crippen molar-refractivity contribution in [2.75, 3.05) is 6.54 Å². The van der Waals surface area contributed by atoms with Crippen LogP contribution in [0.2, 0.25) is 0 Å². The molecule has 0 spiro atoms. The number of rotatable bonds is 0. The molecule has 1 aliphatic carbocycles. The smallest absolute Gasteiger partial charge is 0.254 e. The Morgan fingerprint density at radius 2 is 1.94 bits per heavy atom. The van der Waals surface area contributed by atoms with Crippen molar-refractivity contribution in [3.05, 3.63) is 35.4 Å². The molecule has 0 N–H and O–H groups in total. The second-order valence-electron chi connectivity index (χ2n) is 5.25. The molecule has 3 aliphatic rings. The number of Topliss-reactive ketones (excluding diaryl/α,β-unsaturated/α-hetero) is 1. The van der Waals surface area contributed by atoms with Crippen molar-refractivity contribution in [1.29, 1.82) is 0 Å². The number of hydrogen-bond acceptors (Lipinski definition) is 2. The van der Waals surface area contributed by atoms with Gasteiger partial charge < -0.3 is 4.90 Å². The SMILES string of the molecule is O=C1C[C@H]2c3ccccc3C(=O)N3CC[C@@H]1[C@@H]23. The Morgan fingerprint density at radius 3 is 2.82 bits per heavy atom. The van der Waals surface area contributed by atoms with Gasteiger partial charge in [-0.25, -0.2) is 0 Å². The van der Waals surface area contributed by atoms with Crippen molar-refractivity contribution >= 4 is 11.7 Å². The van der Waals surface area contributed by atoms with E-state index >= 15 is 0 Å². The van der Waals surface area contributed by atoms with Crippen LogP contribution in [0.4, 0.5) is 0 Å². The molecule has 0 aromatic heterocycles. The average molecular weight is 227 g/mol. The standard InChI is InChI=1S/C14H13NO2/c16-12-7-11-8-3-1-2-4-9(8)14(17)15-6-5-10(12)13(11)15/h1-4,10-11,13H,5-7H2/t10-,11-,13-/m0/s1. The molecule has 1 saturated carbocycles. The summed E-state index contributed by atoms with van der Waals surface area (Å²) in [5, 5.41) is 0. The van der Waals surface area contributed by atoms with Crippen LogP contribution in [-0.2, 0) is 4.79 Å². The first kappa shape index (κ1) is 9.40. The number of carbonyl (C=O) groups is 2. The zero-order chi connectivity index (χ0) is 11.6. The second kappa shape index (κ2) is 2.97. The molecular formula is C14H13NO2. The van der Waals surface area contributed by atoms with Crippen LogP contribution < -0.4 is 0 Å². The van der Waals surface area contributed by atoms with E-state index in [2.05, 4.69) is 0 Å². The van der Waals surface area contributed by atoms with E-state index in [1.165, 1.54) is 0 Å². The molecule has 3 atom stereocenters. The van der Waals surface area contributed by atoms with E-state index in [9.17, 15) is 9.59 Å². The van der Waals surface area contributed by atoms with E-state index < -0.39 is 0 Å². The second-order valence-corrected chi connectivity index (χ2v) is 5.25. The van der Waals surface area contributed by atoms with Crippen molar-refractivity contribution in [2.24, 2.45) is 5.92 Å². The predicted molar refractivity (Wildman–Crippen MR) is 61.7 cm³/mol. The molecule has 17 heavy (non-hydrogen) atoms. The molecule has 2 heterocycles. The maximum Gasteiger partial charge on any atom is 0.254 e. The van der Waals surface area contributed by atoms with E-state index in [0.29, 0.717) is 12.2 Å². The predicted octanol–water partition coefficient (Wildman–Crippen LogP) is 1.59. The van der Waals surface area contributed by atoms with E-state index in [4.69, 9.17) is 0 Å².